The highest BCUT2D eigenvalue weighted by molar-refractivity contribution is 5.06. The Labute approximate surface area is 114 Å². The third-order valence-corrected chi connectivity index (χ3v) is 4.41. The molecule has 0 amide bonds. The molecule has 1 rings (SSSR count). The van der Waals surface area contributed by atoms with Crippen LogP contribution in [-0.2, 0) is 0 Å². The van der Waals surface area contributed by atoms with Gasteiger partial charge in [0.15, 0.2) is 0 Å². The number of rotatable bonds is 6. The largest absolute Gasteiger partial charge is 0.316 e. The molecule has 1 aliphatic carbocycles. The van der Waals surface area contributed by atoms with Gasteiger partial charge in [0.2, 0.25) is 0 Å². The van der Waals surface area contributed by atoms with E-state index in [4.69, 9.17) is 0 Å². The van der Waals surface area contributed by atoms with Crippen molar-refractivity contribution in [3.05, 3.63) is 11.6 Å². The number of nitrogens with one attached hydrogen (secondary N) is 1. The van der Waals surface area contributed by atoms with Gasteiger partial charge in [-0.25, -0.2) is 0 Å². The summed E-state index contributed by atoms with van der Waals surface area (Å²) in [4.78, 5) is 0. The minimum Gasteiger partial charge on any atom is -0.316 e. The monoisotopic (exact) mass is 251 g/mol. The highest BCUT2D eigenvalue weighted by atomic mass is 14.9. The van der Waals surface area contributed by atoms with Gasteiger partial charge in [-0.05, 0) is 62.4 Å². The highest BCUT2D eigenvalue weighted by Gasteiger charge is 2.20. The van der Waals surface area contributed by atoms with E-state index in [-0.39, 0.29) is 0 Å². The van der Waals surface area contributed by atoms with Gasteiger partial charge in [0.1, 0.15) is 0 Å². The van der Waals surface area contributed by atoms with Gasteiger partial charge in [0.05, 0.1) is 0 Å². The number of hydrogen-bond donors (Lipinski definition) is 1. The second-order valence-electron chi connectivity index (χ2n) is 7.11. The molecule has 0 spiro atoms. The van der Waals surface area contributed by atoms with Crippen LogP contribution in [-0.4, -0.2) is 13.1 Å². The van der Waals surface area contributed by atoms with Gasteiger partial charge >= 0.3 is 0 Å². The second-order valence-corrected chi connectivity index (χ2v) is 7.11. The lowest BCUT2D eigenvalue weighted by Gasteiger charge is -2.29. The molecule has 0 saturated heterocycles. The average molecular weight is 251 g/mol. The summed E-state index contributed by atoms with van der Waals surface area (Å²) >= 11 is 0. The lowest BCUT2D eigenvalue weighted by atomic mass is 9.83. The second kappa shape index (κ2) is 7.33. The zero-order valence-electron chi connectivity index (χ0n) is 13.3. The lowest BCUT2D eigenvalue weighted by molar-refractivity contribution is 0.265. The zero-order valence-corrected chi connectivity index (χ0v) is 13.3. The molecular formula is C17H33N. The highest BCUT2D eigenvalue weighted by Crippen LogP contribution is 2.27. The van der Waals surface area contributed by atoms with Crippen LogP contribution in [0.1, 0.15) is 54.4 Å². The lowest BCUT2D eigenvalue weighted by Crippen LogP contribution is -2.34. The molecule has 0 aliphatic heterocycles. The average Bonchev–Trinajstić information content (AvgIpc) is 2.21. The smallest absolute Gasteiger partial charge is 0.00155 e. The Bertz CT molecular complexity index is 257. The molecule has 1 N–H and O–H groups in total. The van der Waals surface area contributed by atoms with Gasteiger partial charge < -0.3 is 5.32 Å². The Balaban J connectivity index is 2.31. The van der Waals surface area contributed by atoms with Crippen LogP contribution in [0, 0.1) is 29.6 Å². The maximum atomic E-state index is 3.73. The van der Waals surface area contributed by atoms with Gasteiger partial charge in [-0.2, -0.15) is 0 Å². The van der Waals surface area contributed by atoms with Crippen LogP contribution in [0.4, 0.5) is 0 Å². The summed E-state index contributed by atoms with van der Waals surface area (Å²) in [6.07, 6.45) is 5.10. The molecule has 1 aliphatic rings. The molecule has 0 fully saturated rings. The van der Waals surface area contributed by atoms with E-state index >= 15 is 0 Å². The van der Waals surface area contributed by atoms with Crippen LogP contribution >= 0.6 is 0 Å². The Morgan fingerprint density at radius 2 is 1.83 bits per heavy atom. The van der Waals surface area contributed by atoms with Crippen LogP contribution in [0.15, 0.2) is 11.6 Å². The molecule has 0 saturated carbocycles. The van der Waals surface area contributed by atoms with Crippen molar-refractivity contribution in [3.63, 3.8) is 0 Å². The molecule has 2 atom stereocenters. The van der Waals surface area contributed by atoms with Crippen molar-refractivity contribution in [1.82, 2.24) is 5.32 Å². The van der Waals surface area contributed by atoms with Crippen molar-refractivity contribution in [1.29, 1.82) is 0 Å². The first-order valence-corrected chi connectivity index (χ1v) is 7.78. The summed E-state index contributed by atoms with van der Waals surface area (Å²) < 4.78 is 0. The van der Waals surface area contributed by atoms with Gasteiger partial charge in [-0.1, -0.05) is 46.3 Å². The SMILES string of the molecule is CC1=CC(C)CC(CNCC(C(C)C)C(C)C)C1. The maximum absolute atomic E-state index is 3.73. The van der Waals surface area contributed by atoms with E-state index in [2.05, 4.69) is 52.9 Å². The van der Waals surface area contributed by atoms with E-state index < -0.39 is 0 Å². The van der Waals surface area contributed by atoms with Crippen molar-refractivity contribution in [3.8, 4) is 0 Å². The van der Waals surface area contributed by atoms with Crippen molar-refractivity contribution >= 4 is 0 Å². The molecule has 106 valence electrons. The van der Waals surface area contributed by atoms with Crippen LogP contribution in [0.5, 0.6) is 0 Å². The Morgan fingerprint density at radius 1 is 1.22 bits per heavy atom. The summed E-state index contributed by atoms with van der Waals surface area (Å²) in [5, 5.41) is 3.73. The molecule has 1 heteroatoms. The van der Waals surface area contributed by atoms with Crippen LogP contribution in [0.3, 0.4) is 0 Å². The molecule has 2 unspecified atom stereocenters. The summed E-state index contributed by atoms with van der Waals surface area (Å²) in [6.45, 7) is 16.4. The minimum atomic E-state index is 0.775. The fraction of sp³-hybridized carbons (Fsp3) is 0.882. The van der Waals surface area contributed by atoms with Gasteiger partial charge in [0, 0.05) is 0 Å². The van der Waals surface area contributed by atoms with Gasteiger partial charge in [-0.15, -0.1) is 0 Å². The molecule has 18 heavy (non-hydrogen) atoms. The Kier molecular flexibility index (Phi) is 6.42. The van der Waals surface area contributed by atoms with Crippen molar-refractivity contribution in [2.45, 2.75) is 54.4 Å². The van der Waals surface area contributed by atoms with E-state index in [9.17, 15) is 0 Å². The predicted octanol–water partition coefficient (Wildman–Crippen LogP) is 4.50. The van der Waals surface area contributed by atoms with Crippen molar-refractivity contribution in [2.75, 3.05) is 13.1 Å². The topological polar surface area (TPSA) is 12.0 Å². The standard InChI is InChI=1S/C17H33N/c1-12(2)17(13(3)4)11-18-10-16-8-14(5)7-15(6)9-16/h7,12-14,16-18H,8-11H2,1-6H3. The molecule has 1 nitrogen and oxygen atoms in total. The first-order valence-electron chi connectivity index (χ1n) is 7.78. The number of allylic oxidation sites excluding steroid dienone is 2. The first-order chi connectivity index (χ1) is 8.40. The third kappa shape index (κ3) is 5.14. The van der Waals surface area contributed by atoms with Crippen LogP contribution in [0.2, 0.25) is 0 Å². The molecular weight excluding hydrogens is 218 g/mol. The Morgan fingerprint density at radius 3 is 2.33 bits per heavy atom. The fourth-order valence-electron chi connectivity index (χ4n) is 3.54. The van der Waals surface area contributed by atoms with Crippen molar-refractivity contribution < 1.29 is 0 Å². The van der Waals surface area contributed by atoms with E-state index in [1.54, 1.807) is 5.57 Å². The fourth-order valence-corrected chi connectivity index (χ4v) is 3.54. The molecule has 0 aromatic heterocycles. The predicted molar refractivity (Wildman–Crippen MR) is 81.7 cm³/mol. The van der Waals surface area contributed by atoms with E-state index in [1.807, 2.05) is 0 Å². The summed E-state index contributed by atoms with van der Waals surface area (Å²) in [6, 6.07) is 0. The molecule has 0 aromatic carbocycles. The summed E-state index contributed by atoms with van der Waals surface area (Å²) in [5.74, 6) is 4.00. The van der Waals surface area contributed by atoms with E-state index in [0.717, 1.165) is 29.6 Å². The zero-order chi connectivity index (χ0) is 13.7. The van der Waals surface area contributed by atoms with Gasteiger partial charge in [0.25, 0.3) is 0 Å². The van der Waals surface area contributed by atoms with Crippen LogP contribution in [0.25, 0.3) is 0 Å². The maximum Gasteiger partial charge on any atom is -0.00155 e. The molecule has 0 radical (unpaired) electrons. The molecule has 0 bridgehead atoms. The van der Waals surface area contributed by atoms with E-state index in [1.165, 1.54) is 25.9 Å². The third-order valence-electron chi connectivity index (χ3n) is 4.41. The normalized spacial score (nSPS) is 25.1. The summed E-state index contributed by atoms with van der Waals surface area (Å²) in [7, 11) is 0. The molecule has 0 aromatic rings. The van der Waals surface area contributed by atoms with Crippen LogP contribution < -0.4 is 5.32 Å². The van der Waals surface area contributed by atoms with Crippen molar-refractivity contribution in [2.24, 2.45) is 29.6 Å². The molecule has 0 heterocycles. The quantitative estimate of drug-likeness (QED) is 0.686. The first kappa shape index (κ1) is 15.8. The minimum absolute atomic E-state index is 0.775. The van der Waals surface area contributed by atoms with Gasteiger partial charge in [-0.3, -0.25) is 0 Å². The number of hydrogen-bond acceptors (Lipinski definition) is 1. The Hall–Kier alpha value is -0.300. The summed E-state index contributed by atoms with van der Waals surface area (Å²) in [5.41, 5.74) is 1.59. The van der Waals surface area contributed by atoms with E-state index in [0.29, 0.717) is 0 Å².